The van der Waals surface area contributed by atoms with Crippen LogP contribution in [-0.2, 0) is 0 Å². The second-order valence-electron chi connectivity index (χ2n) is 5.27. The third-order valence-electron chi connectivity index (χ3n) is 4.10. The summed E-state index contributed by atoms with van der Waals surface area (Å²) < 4.78 is 0.813. The van der Waals surface area contributed by atoms with Crippen molar-refractivity contribution in [2.75, 3.05) is 19.6 Å². The van der Waals surface area contributed by atoms with Crippen molar-refractivity contribution in [3.8, 4) is 0 Å². The molecule has 1 amide bonds. The van der Waals surface area contributed by atoms with E-state index in [-0.39, 0.29) is 18.3 Å². The molecule has 0 bridgehead atoms. The maximum atomic E-state index is 12.6. The second-order valence-corrected chi connectivity index (χ2v) is 6.56. The highest BCUT2D eigenvalue weighted by atomic mass is 79.9. The molecule has 1 aromatic rings. The fourth-order valence-electron chi connectivity index (χ4n) is 3.06. The smallest absolute Gasteiger partial charge is 0.255 e. The summed E-state index contributed by atoms with van der Waals surface area (Å²) in [6.45, 7) is 2.76. The van der Waals surface area contributed by atoms with E-state index in [1.165, 1.54) is 6.42 Å². The number of piperidine rings is 1. The number of carbonyl (C=O) groups is 1. The molecule has 0 aliphatic carbocycles. The largest absolute Gasteiger partial charge is 0.338 e. The number of amides is 1. The van der Waals surface area contributed by atoms with Crippen LogP contribution in [0.4, 0.5) is 0 Å². The third kappa shape index (κ3) is 3.14. The highest BCUT2D eigenvalue weighted by Crippen LogP contribution is 2.28. The molecule has 3 nitrogen and oxygen atoms in total. The molecule has 0 aromatic heterocycles. The first kappa shape index (κ1) is 16.1. The second kappa shape index (κ2) is 6.65. The van der Waals surface area contributed by atoms with Crippen molar-refractivity contribution >= 4 is 45.8 Å². The van der Waals surface area contributed by atoms with Gasteiger partial charge in [0, 0.05) is 28.6 Å². The summed E-state index contributed by atoms with van der Waals surface area (Å²) >= 11 is 9.42. The Hall–Kier alpha value is -0.290. The Kier molecular flexibility index (Phi) is 5.35. The van der Waals surface area contributed by atoms with Gasteiger partial charge >= 0.3 is 0 Å². The van der Waals surface area contributed by atoms with Gasteiger partial charge in [-0.25, -0.2) is 0 Å². The number of carbonyl (C=O) groups excluding carboxylic acids is 1. The van der Waals surface area contributed by atoms with Gasteiger partial charge < -0.3 is 10.2 Å². The first-order chi connectivity index (χ1) is 9.15. The van der Waals surface area contributed by atoms with Crippen LogP contribution in [0.15, 0.2) is 22.7 Å². The van der Waals surface area contributed by atoms with Gasteiger partial charge in [0.25, 0.3) is 5.91 Å². The number of nitrogens with zero attached hydrogens (tertiary/aromatic N) is 1. The standard InChI is InChI=1S/C14H16BrClN2O.ClH/c15-12-2-1-10(16)7-11(12)14(19)18-6-4-13-9(8-18)3-5-17-13;/h1-2,7,9,13,17H,3-6,8H2;1H. The van der Waals surface area contributed by atoms with Crippen LogP contribution in [0.5, 0.6) is 0 Å². The summed E-state index contributed by atoms with van der Waals surface area (Å²) in [4.78, 5) is 14.5. The lowest BCUT2D eigenvalue weighted by Gasteiger charge is -2.35. The fourth-order valence-corrected chi connectivity index (χ4v) is 3.65. The molecule has 0 spiro atoms. The Morgan fingerprint density at radius 3 is 3.00 bits per heavy atom. The average molecular weight is 380 g/mol. The van der Waals surface area contributed by atoms with Gasteiger partial charge in [0.1, 0.15) is 0 Å². The van der Waals surface area contributed by atoms with Crippen LogP contribution in [-0.4, -0.2) is 36.5 Å². The van der Waals surface area contributed by atoms with Crippen molar-refractivity contribution in [2.45, 2.75) is 18.9 Å². The lowest BCUT2D eigenvalue weighted by atomic mass is 9.93. The highest BCUT2D eigenvalue weighted by Gasteiger charge is 2.34. The van der Waals surface area contributed by atoms with Crippen molar-refractivity contribution in [3.63, 3.8) is 0 Å². The molecule has 2 saturated heterocycles. The minimum atomic E-state index is 0. The number of hydrogen-bond acceptors (Lipinski definition) is 2. The molecule has 2 unspecified atom stereocenters. The zero-order valence-electron chi connectivity index (χ0n) is 10.9. The molecule has 2 heterocycles. The van der Waals surface area contributed by atoms with E-state index in [1.54, 1.807) is 12.1 Å². The van der Waals surface area contributed by atoms with E-state index >= 15 is 0 Å². The van der Waals surface area contributed by atoms with Crippen LogP contribution in [0, 0.1) is 5.92 Å². The molecule has 20 heavy (non-hydrogen) atoms. The van der Waals surface area contributed by atoms with E-state index in [9.17, 15) is 4.79 Å². The van der Waals surface area contributed by atoms with Gasteiger partial charge in [-0.05, 0) is 59.4 Å². The summed E-state index contributed by atoms with van der Waals surface area (Å²) in [5.41, 5.74) is 0.664. The van der Waals surface area contributed by atoms with Crippen LogP contribution < -0.4 is 5.32 Å². The number of halogens is 3. The first-order valence-electron chi connectivity index (χ1n) is 6.63. The Labute approximate surface area is 138 Å². The predicted octanol–water partition coefficient (Wildman–Crippen LogP) is 3.35. The van der Waals surface area contributed by atoms with Crippen molar-refractivity contribution in [1.29, 1.82) is 0 Å². The van der Waals surface area contributed by atoms with E-state index < -0.39 is 0 Å². The summed E-state index contributed by atoms with van der Waals surface area (Å²) in [6, 6.07) is 5.97. The monoisotopic (exact) mass is 378 g/mol. The fraction of sp³-hybridized carbons (Fsp3) is 0.500. The Morgan fingerprint density at radius 2 is 2.20 bits per heavy atom. The van der Waals surface area contributed by atoms with Gasteiger partial charge in [0.2, 0.25) is 0 Å². The van der Waals surface area contributed by atoms with Crippen LogP contribution in [0.3, 0.4) is 0 Å². The minimum Gasteiger partial charge on any atom is -0.338 e. The number of nitrogens with one attached hydrogen (secondary N) is 1. The van der Waals surface area contributed by atoms with Gasteiger partial charge in [-0.2, -0.15) is 0 Å². The summed E-state index contributed by atoms with van der Waals surface area (Å²) in [7, 11) is 0. The molecule has 1 N–H and O–H groups in total. The molecule has 3 rings (SSSR count). The molecule has 0 saturated carbocycles. The Morgan fingerprint density at radius 1 is 1.40 bits per heavy atom. The lowest BCUT2D eigenvalue weighted by Crippen LogP contribution is -2.46. The molecular weight excluding hydrogens is 363 g/mol. The number of fused-ring (bicyclic) bond motifs is 1. The summed E-state index contributed by atoms with van der Waals surface area (Å²) in [6.07, 6.45) is 2.22. The minimum absolute atomic E-state index is 0. The van der Waals surface area contributed by atoms with E-state index in [0.717, 1.165) is 30.5 Å². The van der Waals surface area contributed by atoms with E-state index in [4.69, 9.17) is 11.6 Å². The van der Waals surface area contributed by atoms with Gasteiger partial charge in [0.15, 0.2) is 0 Å². The zero-order valence-corrected chi connectivity index (χ0v) is 14.1. The highest BCUT2D eigenvalue weighted by molar-refractivity contribution is 9.10. The van der Waals surface area contributed by atoms with Crippen molar-refractivity contribution in [2.24, 2.45) is 5.92 Å². The molecule has 2 aliphatic heterocycles. The third-order valence-corrected chi connectivity index (χ3v) is 5.03. The zero-order chi connectivity index (χ0) is 13.4. The van der Waals surface area contributed by atoms with Gasteiger partial charge in [0.05, 0.1) is 5.56 Å². The van der Waals surface area contributed by atoms with Gasteiger partial charge in [-0.15, -0.1) is 12.4 Å². The maximum absolute atomic E-state index is 12.6. The molecule has 6 heteroatoms. The van der Waals surface area contributed by atoms with E-state index in [1.807, 2.05) is 11.0 Å². The predicted molar refractivity (Wildman–Crippen MR) is 86.8 cm³/mol. The van der Waals surface area contributed by atoms with Crippen LogP contribution in [0.2, 0.25) is 5.02 Å². The van der Waals surface area contributed by atoms with Gasteiger partial charge in [-0.1, -0.05) is 11.6 Å². The molecule has 2 aliphatic rings. The molecule has 0 radical (unpaired) electrons. The number of hydrogen-bond donors (Lipinski definition) is 1. The average Bonchev–Trinajstić information content (AvgIpc) is 2.88. The molecule has 110 valence electrons. The first-order valence-corrected chi connectivity index (χ1v) is 7.80. The van der Waals surface area contributed by atoms with E-state index in [0.29, 0.717) is 22.5 Å². The molecule has 2 atom stereocenters. The van der Waals surface area contributed by atoms with Crippen molar-refractivity contribution in [3.05, 3.63) is 33.3 Å². The van der Waals surface area contributed by atoms with Crippen LogP contribution in [0.25, 0.3) is 0 Å². The van der Waals surface area contributed by atoms with Crippen molar-refractivity contribution in [1.82, 2.24) is 10.2 Å². The molecule has 1 aromatic carbocycles. The van der Waals surface area contributed by atoms with Crippen LogP contribution in [0.1, 0.15) is 23.2 Å². The Balaban J connectivity index is 0.00000147. The summed E-state index contributed by atoms with van der Waals surface area (Å²) in [5.74, 6) is 0.690. The lowest BCUT2D eigenvalue weighted by molar-refractivity contribution is 0.0661. The van der Waals surface area contributed by atoms with E-state index in [2.05, 4.69) is 21.2 Å². The van der Waals surface area contributed by atoms with Crippen LogP contribution >= 0.6 is 39.9 Å². The van der Waals surface area contributed by atoms with Crippen molar-refractivity contribution < 1.29 is 4.79 Å². The SMILES string of the molecule is Cl.O=C(c1cc(Cl)ccc1Br)N1CCC2NCCC2C1. The number of rotatable bonds is 1. The topological polar surface area (TPSA) is 32.3 Å². The number of benzene rings is 1. The molecule has 2 fully saturated rings. The quantitative estimate of drug-likeness (QED) is 0.811. The van der Waals surface area contributed by atoms with Gasteiger partial charge in [-0.3, -0.25) is 4.79 Å². The maximum Gasteiger partial charge on any atom is 0.255 e. The Bertz CT molecular complexity index is 512. The number of likely N-dealkylation sites (tertiary alicyclic amines) is 1. The normalized spacial score (nSPS) is 25.0. The summed E-state index contributed by atoms with van der Waals surface area (Å²) in [5, 5.41) is 4.11. The molecular formula is C14H17BrCl2N2O.